The second-order valence-corrected chi connectivity index (χ2v) is 6.65. The van der Waals surface area contributed by atoms with Crippen molar-refractivity contribution >= 4 is 0 Å². The zero-order chi connectivity index (χ0) is 15.2. The van der Waals surface area contributed by atoms with E-state index in [0.717, 1.165) is 45.2 Å². The molecule has 1 saturated carbocycles. The lowest BCUT2D eigenvalue weighted by Crippen LogP contribution is -2.47. The summed E-state index contributed by atoms with van der Waals surface area (Å²) in [6.07, 6.45) is 1.29. The first kappa shape index (κ1) is 17.8. The van der Waals surface area contributed by atoms with Gasteiger partial charge >= 0.3 is 6.18 Å². The van der Waals surface area contributed by atoms with E-state index in [2.05, 4.69) is 19.2 Å². The lowest BCUT2D eigenvalue weighted by molar-refractivity contribution is -0.146. The summed E-state index contributed by atoms with van der Waals surface area (Å²) in [4.78, 5) is 1.45. The Morgan fingerprint density at radius 2 is 1.85 bits per heavy atom. The van der Waals surface area contributed by atoms with Crippen LogP contribution >= 0.6 is 0 Å². The van der Waals surface area contributed by atoms with E-state index in [-0.39, 0.29) is 5.41 Å². The van der Waals surface area contributed by atoms with Gasteiger partial charge in [0.25, 0.3) is 0 Å². The highest BCUT2D eigenvalue weighted by Crippen LogP contribution is 2.39. The molecule has 0 amide bonds. The number of halogens is 3. The van der Waals surface area contributed by atoms with Gasteiger partial charge in [0.15, 0.2) is 0 Å². The van der Waals surface area contributed by atoms with Crippen molar-refractivity contribution in [2.75, 3.05) is 33.2 Å². The summed E-state index contributed by atoms with van der Waals surface area (Å²) in [5, 5.41) is 3.42. The second-order valence-electron chi connectivity index (χ2n) is 6.65. The zero-order valence-corrected chi connectivity index (χ0v) is 13.0. The average Bonchev–Trinajstić information content (AvgIpc) is 2.31. The van der Waals surface area contributed by atoms with Crippen molar-refractivity contribution < 1.29 is 13.2 Å². The molecule has 2 nitrogen and oxygen atoms in total. The highest BCUT2D eigenvalue weighted by molar-refractivity contribution is 4.89. The first-order chi connectivity index (χ1) is 9.26. The molecule has 0 bridgehead atoms. The molecule has 20 heavy (non-hydrogen) atoms. The SMILES string of the molecule is CCCNCC1(CN(C)CC(F)(F)F)CCC(C)CC1. The van der Waals surface area contributed by atoms with Crippen molar-refractivity contribution in [2.24, 2.45) is 11.3 Å². The highest BCUT2D eigenvalue weighted by Gasteiger charge is 2.37. The van der Waals surface area contributed by atoms with Crippen LogP contribution in [0.3, 0.4) is 0 Å². The maximum atomic E-state index is 12.5. The van der Waals surface area contributed by atoms with Gasteiger partial charge in [-0.05, 0) is 44.2 Å². The summed E-state index contributed by atoms with van der Waals surface area (Å²) in [5.41, 5.74) is 0.0156. The molecule has 120 valence electrons. The Kier molecular flexibility index (Phi) is 6.79. The van der Waals surface area contributed by atoms with E-state index in [4.69, 9.17) is 0 Å². The zero-order valence-electron chi connectivity index (χ0n) is 13.0. The minimum Gasteiger partial charge on any atom is -0.316 e. The lowest BCUT2D eigenvalue weighted by Gasteiger charge is -2.42. The molecule has 0 atom stereocenters. The third-order valence-corrected chi connectivity index (χ3v) is 4.32. The van der Waals surface area contributed by atoms with Gasteiger partial charge in [-0.1, -0.05) is 26.7 Å². The van der Waals surface area contributed by atoms with E-state index in [1.54, 1.807) is 7.05 Å². The van der Waals surface area contributed by atoms with Crippen LogP contribution in [-0.4, -0.2) is 44.3 Å². The Labute approximate surface area is 121 Å². The van der Waals surface area contributed by atoms with Gasteiger partial charge in [-0.3, -0.25) is 4.90 Å². The van der Waals surface area contributed by atoms with Gasteiger partial charge in [0.05, 0.1) is 6.54 Å². The molecule has 0 aliphatic heterocycles. The fraction of sp³-hybridized carbons (Fsp3) is 1.00. The van der Waals surface area contributed by atoms with Crippen molar-refractivity contribution in [3.8, 4) is 0 Å². The van der Waals surface area contributed by atoms with Crippen LogP contribution in [0.2, 0.25) is 0 Å². The van der Waals surface area contributed by atoms with Crippen molar-refractivity contribution in [3.05, 3.63) is 0 Å². The molecule has 0 aromatic rings. The van der Waals surface area contributed by atoms with Crippen LogP contribution in [0.4, 0.5) is 13.2 Å². The van der Waals surface area contributed by atoms with E-state index < -0.39 is 12.7 Å². The Morgan fingerprint density at radius 1 is 1.25 bits per heavy atom. The molecular formula is C15H29F3N2. The molecule has 0 heterocycles. The largest absolute Gasteiger partial charge is 0.401 e. The summed E-state index contributed by atoms with van der Waals surface area (Å²) in [6, 6.07) is 0. The highest BCUT2D eigenvalue weighted by atomic mass is 19.4. The molecule has 0 aromatic carbocycles. The number of nitrogens with zero attached hydrogens (tertiary/aromatic N) is 1. The van der Waals surface area contributed by atoms with Gasteiger partial charge in [0, 0.05) is 13.1 Å². The van der Waals surface area contributed by atoms with Crippen LogP contribution < -0.4 is 5.32 Å². The Bertz CT molecular complexity index is 271. The van der Waals surface area contributed by atoms with Gasteiger partial charge in [-0.25, -0.2) is 0 Å². The predicted octanol–water partition coefficient (Wildman–Crippen LogP) is 3.68. The molecule has 0 saturated heterocycles. The summed E-state index contributed by atoms with van der Waals surface area (Å²) in [5.74, 6) is 0.710. The van der Waals surface area contributed by atoms with Crippen LogP contribution in [0.1, 0.15) is 46.0 Å². The fourth-order valence-electron chi connectivity index (χ4n) is 3.23. The molecule has 0 unspecified atom stereocenters. The number of nitrogens with one attached hydrogen (secondary N) is 1. The Hall–Kier alpha value is -0.290. The molecule has 1 aliphatic rings. The summed E-state index contributed by atoms with van der Waals surface area (Å²) < 4.78 is 37.5. The monoisotopic (exact) mass is 294 g/mol. The van der Waals surface area contributed by atoms with E-state index in [9.17, 15) is 13.2 Å². The minimum atomic E-state index is -4.10. The van der Waals surface area contributed by atoms with E-state index in [0.29, 0.717) is 12.5 Å². The third kappa shape index (κ3) is 6.44. The van der Waals surface area contributed by atoms with Crippen LogP contribution in [0.5, 0.6) is 0 Å². The number of hydrogen-bond acceptors (Lipinski definition) is 2. The van der Waals surface area contributed by atoms with Gasteiger partial charge in [-0.15, -0.1) is 0 Å². The quantitative estimate of drug-likeness (QED) is 0.721. The number of hydrogen-bond donors (Lipinski definition) is 1. The first-order valence-corrected chi connectivity index (χ1v) is 7.72. The molecule has 0 aromatic heterocycles. The van der Waals surface area contributed by atoms with Crippen LogP contribution in [0.15, 0.2) is 0 Å². The van der Waals surface area contributed by atoms with Crippen molar-refractivity contribution in [1.29, 1.82) is 0 Å². The Morgan fingerprint density at radius 3 is 2.35 bits per heavy atom. The van der Waals surface area contributed by atoms with Crippen LogP contribution in [0.25, 0.3) is 0 Å². The third-order valence-electron chi connectivity index (χ3n) is 4.32. The second kappa shape index (κ2) is 7.64. The molecule has 1 rings (SSSR count). The number of rotatable bonds is 7. The maximum Gasteiger partial charge on any atom is 0.401 e. The normalized spacial score (nSPS) is 28.1. The van der Waals surface area contributed by atoms with Gasteiger partial charge < -0.3 is 5.32 Å². The summed E-state index contributed by atoms with van der Waals surface area (Å²) in [7, 11) is 1.59. The van der Waals surface area contributed by atoms with E-state index in [1.807, 2.05) is 0 Å². The molecule has 1 N–H and O–H groups in total. The Balaban J connectivity index is 2.58. The molecule has 1 aliphatic carbocycles. The van der Waals surface area contributed by atoms with Gasteiger partial charge in [0.1, 0.15) is 0 Å². The fourth-order valence-corrected chi connectivity index (χ4v) is 3.23. The van der Waals surface area contributed by atoms with E-state index >= 15 is 0 Å². The van der Waals surface area contributed by atoms with E-state index in [1.165, 1.54) is 4.90 Å². The van der Waals surface area contributed by atoms with Crippen LogP contribution in [0, 0.1) is 11.3 Å². The van der Waals surface area contributed by atoms with Gasteiger partial charge in [0.2, 0.25) is 0 Å². The van der Waals surface area contributed by atoms with Crippen molar-refractivity contribution in [3.63, 3.8) is 0 Å². The predicted molar refractivity (Wildman–Crippen MR) is 76.8 cm³/mol. The molecule has 1 fully saturated rings. The standard InChI is InChI=1S/C15H29F3N2/c1-4-9-19-10-14(7-5-13(2)6-8-14)11-20(3)12-15(16,17)18/h13,19H,4-12H2,1-3H3. The lowest BCUT2D eigenvalue weighted by atomic mass is 9.70. The van der Waals surface area contributed by atoms with Gasteiger partial charge in [-0.2, -0.15) is 13.2 Å². The molecule has 0 spiro atoms. The smallest absolute Gasteiger partial charge is 0.316 e. The molecular weight excluding hydrogens is 265 g/mol. The topological polar surface area (TPSA) is 15.3 Å². The van der Waals surface area contributed by atoms with Crippen LogP contribution in [-0.2, 0) is 0 Å². The number of alkyl halides is 3. The first-order valence-electron chi connectivity index (χ1n) is 7.72. The van der Waals surface area contributed by atoms with Crippen molar-refractivity contribution in [2.45, 2.75) is 52.1 Å². The molecule has 0 radical (unpaired) electrons. The maximum absolute atomic E-state index is 12.5. The summed E-state index contributed by atoms with van der Waals surface area (Å²) in [6.45, 7) is 5.87. The minimum absolute atomic E-state index is 0.0156. The van der Waals surface area contributed by atoms with Crippen molar-refractivity contribution in [1.82, 2.24) is 10.2 Å². The summed E-state index contributed by atoms with van der Waals surface area (Å²) >= 11 is 0. The molecule has 5 heteroatoms. The average molecular weight is 294 g/mol.